The number of ether oxygens (including phenoxy) is 2. The summed E-state index contributed by atoms with van der Waals surface area (Å²) < 4.78 is 10.7. The van der Waals surface area contributed by atoms with Gasteiger partial charge in [-0.1, -0.05) is 54.6 Å². The molecule has 2 amide bonds. The summed E-state index contributed by atoms with van der Waals surface area (Å²) >= 11 is 0. The molecule has 192 valence electrons. The monoisotopic (exact) mass is 502 g/mol. The molecule has 0 aliphatic heterocycles. The normalized spacial score (nSPS) is 23.1. The van der Waals surface area contributed by atoms with Gasteiger partial charge in [0.2, 0.25) is 11.8 Å². The van der Waals surface area contributed by atoms with Crippen LogP contribution in [0, 0.1) is 11.8 Å². The number of ketones is 1. The van der Waals surface area contributed by atoms with E-state index >= 15 is 0 Å². The van der Waals surface area contributed by atoms with Gasteiger partial charge in [-0.3, -0.25) is 14.4 Å². The highest BCUT2D eigenvalue weighted by Gasteiger charge is 2.56. The third kappa shape index (κ3) is 5.34. The molecule has 4 atom stereocenters. The van der Waals surface area contributed by atoms with Gasteiger partial charge in [0.25, 0.3) is 0 Å². The number of aliphatic hydroxyl groups is 1. The minimum absolute atomic E-state index is 0.357. The molecule has 0 unspecified atom stereocenters. The molecular formula is C29H30N2O6. The number of amides is 2. The van der Waals surface area contributed by atoms with Crippen molar-refractivity contribution in [2.24, 2.45) is 11.8 Å². The summed E-state index contributed by atoms with van der Waals surface area (Å²) in [5, 5.41) is 17.1. The van der Waals surface area contributed by atoms with Crippen LogP contribution >= 0.6 is 0 Å². The topological polar surface area (TPSA) is 114 Å². The van der Waals surface area contributed by atoms with E-state index in [0.29, 0.717) is 28.4 Å². The summed E-state index contributed by atoms with van der Waals surface area (Å²) in [5.74, 6) is -3.93. The zero-order valence-corrected chi connectivity index (χ0v) is 20.9. The first kappa shape index (κ1) is 25.9. The molecule has 1 aliphatic carbocycles. The summed E-state index contributed by atoms with van der Waals surface area (Å²) in [6.45, 7) is 1.46. The Balaban J connectivity index is 1.76. The maximum Gasteiger partial charge on any atom is 0.235 e. The molecule has 1 fully saturated rings. The molecule has 37 heavy (non-hydrogen) atoms. The zero-order chi connectivity index (χ0) is 26.6. The molecule has 0 spiro atoms. The number of methoxy groups -OCH3 is 2. The summed E-state index contributed by atoms with van der Waals surface area (Å²) in [7, 11) is 2.98. The van der Waals surface area contributed by atoms with Crippen molar-refractivity contribution >= 4 is 29.0 Å². The summed E-state index contributed by atoms with van der Waals surface area (Å²) in [5.41, 5.74) is -0.284. The largest absolute Gasteiger partial charge is 0.495 e. The van der Waals surface area contributed by atoms with Crippen molar-refractivity contribution in [3.8, 4) is 11.5 Å². The predicted molar refractivity (Wildman–Crippen MR) is 140 cm³/mol. The lowest BCUT2D eigenvalue weighted by molar-refractivity contribution is -0.150. The van der Waals surface area contributed by atoms with Crippen LogP contribution in [0.15, 0.2) is 78.9 Å². The van der Waals surface area contributed by atoms with Crippen molar-refractivity contribution in [2.45, 2.75) is 24.9 Å². The van der Waals surface area contributed by atoms with Crippen molar-refractivity contribution < 1.29 is 29.0 Å². The van der Waals surface area contributed by atoms with Gasteiger partial charge in [-0.25, -0.2) is 0 Å². The fourth-order valence-corrected chi connectivity index (χ4v) is 5.08. The molecule has 1 aliphatic rings. The molecule has 8 nitrogen and oxygen atoms in total. The lowest BCUT2D eigenvalue weighted by Gasteiger charge is -2.44. The molecule has 0 bridgehead atoms. The molecule has 3 aromatic rings. The van der Waals surface area contributed by atoms with Crippen LogP contribution < -0.4 is 20.1 Å². The van der Waals surface area contributed by atoms with Gasteiger partial charge in [0.1, 0.15) is 23.2 Å². The average Bonchev–Trinajstić information content (AvgIpc) is 2.88. The second-order valence-corrected chi connectivity index (χ2v) is 9.27. The second-order valence-electron chi connectivity index (χ2n) is 9.27. The molecule has 4 rings (SSSR count). The van der Waals surface area contributed by atoms with E-state index in [0.717, 1.165) is 0 Å². The standard InChI is InChI=1S/C29H30N2O6/c1-29(35)17-21(32)25(27(33)30-19-13-7-9-15-22(19)36-2)24(18-11-5-4-6-12-18)26(29)28(34)31-20-14-8-10-16-23(20)37-3/h4-16,24-26,35H,17H2,1-3H3,(H,30,33)(H,31,34)/t24-,25+,26+,29-/m0/s1. The summed E-state index contributed by atoms with van der Waals surface area (Å²) in [4.78, 5) is 40.8. The number of rotatable bonds is 7. The Hall–Kier alpha value is -4.17. The highest BCUT2D eigenvalue weighted by molar-refractivity contribution is 6.11. The van der Waals surface area contributed by atoms with Gasteiger partial charge >= 0.3 is 0 Å². The molecule has 1 saturated carbocycles. The molecule has 0 radical (unpaired) electrons. The number of anilines is 2. The lowest BCUT2D eigenvalue weighted by atomic mass is 9.61. The Kier molecular flexibility index (Phi) is 7.59. The number of carbonyl (C=O) groups is 3. The van der Waals surface area contributed by atoms with Crippen LogP contribution in [0.2, 0.25) is 0 Å². The summed E-state index contributed by atoms with van der Waals surface area (Å²) in [6.07, 6.45) is -0.357. The Labute approximate surface area is 215 Å². The lowest BCUT2D eigenvalue weighted by Crippen LogP contribution is -2.56. The van der Waals surface area contributed by atoms with Gasteiger partial charge in [0.05, 0.1) is 37.1 Å². The SMILES string of the molecule is COc1ccccc1NC(=O)[C@@H]1C(=O)C[C@](C)(O)[C@@H](C(=O)Nc2ccccc2OC)[C@H]1c1ccccc1. The van der Waals surface area contributed by atoms with Gasteiger partial charge in [-0.15, -0.1) is 0 Å². The molecule has 3 N–H and O–H groups in total. The Morgan fingerprint density at radius 3 is 1.84 bits per heavy atom. The number of benzene rings is 3. The predicted octanol–water partition coefficient (Wildman–Crippen LogP) is 4.02. The van der Waals surface area contributed by atoms with Gasteiger partial charge in [-0.2, -0.15) is 0 Å². The minimum Gasteiger partial charge on any atom is -0.495 e. The quantitative estimate of drug-likeness (QED) is 0.421. The molecule has 0 heterocycles. The van der Waals surface area contributed by atoms with Gasteiger partial charge in [0.15, 0.2) is 0 Å². The number of nitrogens with one attached hydrogen (secondary N) is 2. The Morgan fingerprint density at radius 1 is 0.811 bits per heavy atom. The minimum atomic E-state index is -1.70. The van der Waals surface area contributed by atoms with Crippen LogP contribution in [0.25, 0.3) is 0 Å². The zero-order valence-electron chi connectivity index (χ0n) is 20.9. The van der Waals surface area contributed by atoms with Crippen LogP contribution in [0.4, 0.5) is 11.4 Å². The molecule has 0 aromatic heterocycles. The van der Waals surface area contributed by atoms with Crippen LogP contribution in [0.3, 0.4) is 0 Å². The third-order valence-electron chi connectivity index (χ3n) is 6.75. The van der Waals surface area contributed by atoms with E-state index in [9.17, 15) is 19.5 Å². The number of Topliss-reactive ketones (excluding diaryl/α,β-unsaturated/α-hetero) is 1. The third-order valence-corrected chi connectivity index (χ3v) is 6.75. The van der Waals surface area contributed by atoms with Crippen LogP contribution in [-0.2, 0) is 14.4 Å². The average molecular weight is 503 g/mol. The fourth-order valence-electron chi connectivity index (χ4n) is 5.08. The highest BCUT2D eigenvalue weighted by atomic mass is 16.5. The van der Waals surface area contributed by atoms with Crippen molar-refractivity contribution in [1.29, 1.82) is 0 Å². The van der Waals surface area contributed by atoms with E-state index in [1.807, 2.05) is 0 Å². The first-order chi connectivity index (χ1) is 17.8. The van der Waals surface area contributed by atoms with E-state index in [1.165, 1.54) is 21.1 Å². The number of carbonyl (C=O) groups excluding carboxylic acids is 3. The molecular weight excluding hydrogens is 472 g/mol. The van der Waals surface area contributed by atoms with E-state index in [-0.39, 0.29) is 6.42 Å². The van der Waals surface area contributed by atoms with E-state index in [1.54, 1.807) is 78.9 Å². The number of hydrogen-bond acceptors (Lipinski definition) is 6. The Morgan fingerprint density at radius 2 is 1.30 bits per heavy atom. The highest BCUT2D eigenvalue weighted by Crippen LogP contribution is 2.47. The van der Waals surface area contributed by atoms with E-state index < -0.39 is 41.0 Å². The smallest absolute Gasteiger partial charge is 0.235 e. The van der Waals surface area contributed by atoms with E-state index in [2.05, 4.69) is 10.6 Å². The van der Waals surface area contributed by atoms with Gasteiger partial charge < -0.3 is 25.2 Å². The first-order valence-electron chi connectivity index (χ1n) is 11.9. The van der Waals surface area contributed by atoms with Crippen molar-refractivity contribution in [1.82, 2.24) is 0 Å². The fraction of sp³-hybridized carbons (Fsp3) is 0.276. The molecule has 0 saturated heterocycles. The summed E-state index contributed by atoms with van der Waals surface area (Å²) in [6, 6.07) is 22.6. The number of para-hydroxylation sites is 4. The van der Waals surface area contributed by atoms with E-state index in [4.69, 9.17) is 9.47 Å². The number of hydrogen-bond donors (Lipinski definition) is 3. The molecule has 3 aromatic carbocycles. The second kappa shape index (κ2) is 10.8. The maximum atomic E-state index is 13.8. The van der Waals surface area contributed by atoms with Crippen molar-refractivity contribution in [3.05, 3.63) is 84.4 Å². The van der Waals surface area contributed by atoms with Crippen LogP contribution in [-0.4, -0.2) is 42.5 Å². The van der Waals surface area contributed by atoms with Crippen LogP contribution in [0.1, 0.15) is 24.8 Å². The van der Waals surface area contributed by atoms with Crippen molar-refractivity contribution in [2.75, 3.05) is 24.9 Å². The maximum absolute atomic E-state index is 13.8. The van der Waals surface area contributed by atoms with Crippen LogP contribution in [0.5, 0.6) is 11.5 Å². The first-order valence-corrected chi connectivity index (χ1v) is 11.9. The van der Waals surface area contributed by atoms with Gasteiger partial charge in [0, 0.05) is 12.3 Å². The molecule has 8 heteroatoms. The Bertz CT molecular complexity index is 1290. The van der Waals surface area contributed by atoms with Crippen molar-refractivity contribution in [3.63, 3.8) is 0 Å². The van der Waals surface area contributed by atoms with Gasteiger partial charge in [-0.05, 0) is 36.8 Å².